The third kappa shape index (κ3) is 2.67. The van der Waals surface area contributed by atoms with Gasteiger partial charge in [0.1, 0.15) is 11.6 Å². The summed E-state index contributed by atoms with van der Waals surface area (Å²) in [7, 11) is 0. The second kappa shape index (κ2) is 4.62. The molecule has 1 aromatic heterocycles. The van der Waals surface area contributed by atoms with Crippen LogP contribution >= 0.6 is 0 Å². The number of benzene rings is 1. The summed E-state index contributed by atoms with van der Waals surface area (Å²) in [5.41, 5.74) is 3.22. The van der Waals surface area contributed by atoms with Gasteiger partial charge in [-0.05, 0) is 52.0 Å². The van der Waals surface area contributed by atoms with Crippen LogP contribution in [-0.2, 0) is 0 Å². The minimum atomic E-state index is 0.204. The van der Waals surface area contributed by atoms with Gasteiger partial charge >= 0.3 is 0 Å². The Morgan fingerprint density at radius 3 is 2.24 bits per heavy atom. The van der Waals surface area contributed by atoms with E-state index in [9.17, 15) is 0 Å². The third-order valence-corrected chi connectivity index (χ3v) is 2.50. The number of aryl methyl sites for hydroxylation is 2. The van der Waals surface area contributed by atoms with E-state index in [1.165, 1.54) is 0 Å². The van der Waals surface area contributed by atoms with E-state index in [0.29, 0.717) is 0 Å². The highest BCUT2D eigenvalue weighted by molar-refractivity contribution is 5.62. The molecule has 0 saturated heterocycles. The van der Waals surface area contributed by atoms with Crippen molar-refractivity contribution in [3.63, 3.8) is 0 Å². The van der Waals surface area contributed by atoms with Crippen LogP contribution in [0, 0.1) is 13.8 Å². The normalized spacial score (nSPS) is 10.9. The van der Waals surface area contributed by atoms with Gasteiger partial charge in [0.25, 0.3) is 0 Å². The second-order valence-corrected chi connectivity index (χ2v) is 4.49. The van der Waals surface area contributed by atoms with Gasteiger partial charge in [-0.2, -0.15) is 0 Å². The summed E-state index contributed by atoms with van der Waals surface area (Å²) in [6.07, 6.45) is 0.204. The van der Waals surface area contributed by atoms with Crippen molar-refractivity contribution in [2.24, 2.45) is 0 Å². The summed E-state index contributed by atoms with van der Waals surface area (Å²) >= 11 is 0. The van der Waals surface area contributed by atoms with Crippen molar-refractivity contribution >= 4 is 0 Å². The quantitative estimate of drug-likeness (QED) is 0.876. The molecule has 0 aliphatic rings. The lowest BCUT2D eigenvalue weighted by molar-refractivity contribution is 0.242. The molecule has 0 fully saturated rings. The minimum Gasteiger partial charge on any atom is -0.491 e. The molecule has 0 bridgehead atoms. The van der Waals surface area contributed by atoms with E-state index in [1.807, 2.05) is 52.0 Å². The molecule has 1 heterocycles. The number of ether oxygens (including phenoxy) is 1. The largest absolute Gasteiger partial charge is 0.491 e. The van der Waals surface area contributed by atoms with Gasteiger partial charge in [-0.1, -0.05) is 0 Å². The molecule has 0 amide bonds. The van der Waals surface area contributed by atoms with E-state index in [1.54, 1.807) is 0 Å². The number of hydrogen-bond donors (Lipinski definition) is 1. The highest BCUT2D eigenvalue weighted by Gasteiger charge is 2.07. The molecule has 1 aromatic carbocycles. The number of aromatic nitrogens is 2. The fraction of sp³-hybridized carbons (Fsp3) is 0.357. The molecule has 0 spiro atoms. The highest BCUT2D eigenvalue weighted by atomic mass is 16.5. The SMILES string of the molecule is Cc1nc(-c2ccc(OC(C)C)cc2)c(C)[nH]1. The molecule has 0 aliphatic carbocycles. The van der Waals surface area contributed by atoms with Crippen LogP contribution in [0.2, 0.25) is 0 Å². The summed E-state index contributed by atoms with van der Waals surface area (Å²) in [5.74, 6) is 1.84. The topological polar surface area (TPSA) is 37.9 Å². The summed E-state index contributed by atoms with van der Waals surface area (Å²) in [6.45, 7) is 8.05. The van der Waals surface area contributed by atoms with Gasteiger partial charge < -0.3 is 9.72 Å². The maximum atomic E-state index is 5.61. The van der Waals surface area contributed by atoms with Crippen LogP contribution in [-0.4, -0.2) is 16.1 Å². The Labute approximate surface area is 102 Å². The van der Waals surface area contributed by atoms with Crippen molar-refractivity contribution in [2.75, 3.05) is 0 Å². The number of hydrogen-bond acceptors (Lipinski definition) is 2. The molecular weight excluding hydrogens is 212 g/mol. The van der Waals surface area contributed by atoms with Gasteiger partial charge in [0, 0.05) is 11.3 Å². The average Bonchev–Trinajstić information content (AvgIpc) is 2.58. The summed E-state index contributed by atoms with van der Waals surface area (Å²) in [4.78, 5) is 7.69. The number of nitrogens with zero attached hydrogens (tertiary/aromatic N) is 1. The molecule has 0 aliphatic heterocycles. The Morgan fingerprint density at radius 1 is 1.12 bits per heavy atom. The van der Waals surface area contributed by atoms with Crippen LogP contribution < -0.4 is 4.74 Å². The first kappa shape index (κ1) is 11.7. The zero-order valence-electron chi connectivity index (χ0n) is 10.7. The Kier molecular flexibility index (Phi) is 3.18. The maximum Gasteiger partial charge on any atom is 0.119 e. The minimum absolute atomic E-state index is 0.204. The van der Waals surface area contributed by atoms with Crippen LogP contribution in [0.3, 0.4) is 0 Å². The number of rotatable bonds is 3. The van der Waals surface area contributed by atoms with Crippen LogP contribution in [0.25, 0.3) is 11.3 Å². The van der Waals surface area contributed by atoms with E-state index < -0.39 is 0 Å². The predicted octanol–water partition coefficient (Wildman–Crippen LogP) is 3.48. The van der Waals surface area contributed by atoms with E-state index in [4.69, 9.17) is 4.74 Å². The fourth-order valence-corrected chi connectivity index (χ4v) is 1.85. The zero-order valence-corrected chi connectivity index (χ0v) is 10.7. The smallest absolute Gasteiger partial charge is 0.119 e. The van der Waals surface area contributed by atoms with Crippen LogP contribution in [0.4, 0.5) is 0 Å². The Morgan fingerprint density at radius 2 is 1.76 bits per heavy atom. The summed E-state index contributed by atoms with van der Waals surface area (Å²) in [5, 5.41) is 0. The predicted molar refractivity (Wildman–Crippen MR) is 69.3 cm³/mol. The average molecular weight is 230 g/mol. The first-order valence-corrected chi connectivity index (χ1v) is 5.86. The molecular formula is C14H18N2O. The lowest BCUT2D eigenvalue weighted by Gasteiger charge is -2.09. The van der Waals surface area contributed by atoms with Gasteiger partial charge in [-0.25, -0.2) is 4.98 Å². The van der Waals surface area contributed by atoms with Crippen LogP contribution in [0.15, 0.2) is 24.3 Å². The molecule has 0 radical (unpaired) electrons. The summed E-state index contributed by atoms with van der Waals surface area (Å²) < 4.78 is 5.61. The van der Waals surface area contributed by atoms with Crippen LogP contribution in [0.5, 0.6) is 5.75 Å². The summed E-state index contributed by atoms with van der Waals surface area (Å²) in [6, 6.07) is 8.05. The fourth-order valence-electron chi connectivity index (χ4n) is 1.85. The first-order chi connectivity index (χ1) is 8.06. The molecule has 2 aromatic rings. The molecule has 0 atom stereocenters. The molecule has 0 unspecified atom stereocenters. The number of H-pyrrole nitrogens is 1. The van der Waals surface area contributed by atoms with Crippen molar-refractivity contribution in [1.82, 2.24) is 9.97 Å². The monoisotopic (exact) mass is 230 g/mol. The Bertz CT molecular complexity index is 497. The molecule has 1 N–H and O–H groups in total. The second-order valence-electron chi connectivity index (χ2n) is 4.49. The molecule has 0 saturated carbocycles. The first-order valence-electron chi connectivity index (χ1n) is 5.86. The van der Waals surface area contributed by atoms with Crippen molar-refractivity contribution in [3.05, 3.63) is 35.8 Å². The van der Waals surface area contributed by atoms with Crippen molar-refractivity contribution < 1.29 is 4.74 Å². The van der Waals surface area contributed by atoms with Crippen molar-refractivity contribution in [1.29, 1.82) is 0 Å². The van der Waals surface area contributed by atoms with E-state index >= 15 is 0 Å². The zero-order chi connectivity index (χ0) is 12.4. The van der Waals surface area contributed by atoms with Gasteiger partial charge in [0.05, 0.1) is 11.8 Å². The van der Waals surface area contributed by atoms with E-state index in [-0.39, 0.29) is 6.10 Å². The lowest BCUT2D eigenvalue weighted by Crippen LogP contribution is -2.05. The molecule has 3 heteroatoms. The number of aromatic amines is 1. The molecule has 3 nitrogen and oxygen atoms in total. The number of imidazole rings is 1. The third-order valence-electron chi connectivity index (χ3n) is 2.50. The maximum absolute atomic E-state index is 5.61. The van der Waals surface area contributed by atoms with Crippen molar-refractivity contribution in [2.45, 2.75) is 33.8 Å². The van der Waals surface area contributed by atoms with Gasteiger partial charge in [0.15, 0.2) is 0 Å². The molecule has 17 heavy (non-hydrogen) atoms. The number of nitrogens with one attached hydrogen (secondary N) is 1. The van der Waals surface area contributed by atoms with Gasteiger partial charge in [-0.15, -0.1) is 0 Å². The highest BCUT2D eigenvalue weighted by Crippen LogP contribution is 2.24. The van der Waals surface area contributed by atoms with E-state index in [2.05, 4.69) is 9.97 Å². The molecule has 2 rings (SSSR count). The van der Waals surface area contributed by atoms with Crippen LogP contribution in [0.1, 0.15) is 25.4 Å². The van der Waals surface area contributed by atoms with Gasteiger partial charge in [-0.3, -0.25) is 0 Å². The van der Waals surface area contributed by atoms with Gasteiger partial charge in [0.2, 0.25) is 0 Å². The Balaban J connectivity index is 2.26. The van der Waals surface area contributed by atoms with E-state index in [0.717, 1.165) is 28.5 Å². The molecule has 90 valence electrons. The lowest BCUT2D eigenvalue weighted by atomic mass is 10.1. The Hall–Kier alpha value is -1.77. The standard InChI is InChI=1S/C14H18N2O/c1-9(2)17-13-7-5-12(6-8-13)14-10(3)15-11(4)16-14/h5-9H,1-4H3,(H,15,16). The van der Waals surface area contributed by atoms with Crippen molar-refractivity contribution in [3.8, 4) is 17.0 Å².